The summed E-state index contributed by atoms with van der Waals surface area (Å²) in [4.78, 5) is 123. The van der Waals surface area contributed by atoms with E-state index in [1.807, 2.05) is 6.92 Å². The van der Waals surface area contributed by atoms with Crippen molar-refractivity contribution in [3.63, 3.8) is 0 Å². The van der Waals surface area contributed by atoms with Gasteiger partial charge in [0.05, 0.1) is 19.8 Å². The van der Waals surface area contributed by atoms with Gasteiger partial charge in [0.2, 0.25) is 29.5 Å². The van der Waals surface area contributed by atoms with E-state index in [2.05, 4.69) is 33.5 Å². The molecule has 0 aromatic heterocycles. The summed E-state index contributed by atoms with van der Waals surface area (Å²) in [5.41, 5.74) is 0. The van der Waals surface area contributed by atoms with Gasteiger partial charge in [0.1, 0.15) is 29.7 Å². The number of aliphatic carboxylic acids is 1. The number of aliphatic hydroxyl groups excluding tert-OH is 2. The van der Waals surface area contributed by atoms with E-state index < -0.39 is 97.0 Å². The Morgan fingerprint density at radius 3 is 1.34 bits per heavy atom. The van der Waals surface area contributed by atoms with Crippen molar-refractivity contribution >= 4 is 58.6 Å². The maximum Gasteiger partial charge on any atom is 0.326 e. The lowest BCUT2D eigenvalue weighted by atomic mass is 9.95. The highest BCUT2D eigenvalue weighted by molar-refractivity contribution is 5.95. The van der Waals surface area contributed by atoms with E-state index >= 15 is 0 Å². The van der Waals surface area contributed by atoms with Crippen molar-refractivity contribution in [1.29, 1.82) is 0 Å². The van der Waals surface area contributed by atoms with Gasteiger partial charge in [-0.05, 0) is 39.0 Å². The van der Waals surface area contributed by atoms with Crippen molar-refractivity contribution < 1.29 is 63.3 Å². The molecule has 0 bridgehead atoms. The lowest BCUT2D eigenvalue weighted by Crippen LogP contribution is -2.45. The third-order valence-corrected chi connectivity index (χ3v) is 11.8. The number of carbonyl (C=O) groups is 10. The number of carboxylic acids is 1. The molecule has 5 amide bonds. The molecule has 0 aliphatic heterocycles. The molecule has 67 heavy (non-hydrogen) atoms. The van der Waals surface area contributed by atoms with Gasteiger partial charge in [0.15, 0.2) is 11.6 Å². The number of aliphatic hydroxyl groups is 2. The molecule has 8 N–H and O–H groups in total. The Hall–Kier alpha value is -4.58. The first-order valence-corrected chi connectivity index (χ1v) is 25.0. The number of carbonyl (C=O) groups excluding carboxylic acids is 9. The van der Waals surface area contributed by atoms with E-state index in [-0.39, 0.29) is 63.2 Å². The number of hydrogen-bond donors (Lipinski definition) is 8. The summed E-state index contributed by atoms with van der Waals surface area (Å²) < 4.78 is 0. The molecule has 0 aliphatic rings. The molecule has 0 aliphatic carbocycles. The second-order valence-electron chi connectivity index (χ2n) is 17.6. The first-order valence-electron chi connectivity index (χ1n) is 25.0. The van der Waals surface area contributed by atoms with Crippen molar-refractivity contribution in [3.05, 3.63) is 0 Å². The Balaban J connectivity index is 4.37. The van der Waals surface area contributed by atoms with Crippen molar-refractivity contribution in [2.45, 2.75) is 219 Å². The highest BCUT2D eigenvalue weighted by Gasteiger charge is 2.25. The molecule has 0 aromatic rings. The van der Waals surface area contributed by atoms with Crippen molar-refractivity contribution in [2.75, 3.05) is 26.3 Å². The van der Waals surface area contributed by atoms with Crippen LogP contribution < -0.4 is 26.6 Å². The third kappa shape index (κ3) is 34.4. The Labute approximate surface area is 398 Å². The van der Waals surface area contributed by atoms with Crippen molar-refractivity contribution in [3.8, 4) is 0 Å². The first kappa shape index (κ1) is 62.4. The largest absolute Gasteiger partial charge is 0.480 e. The van der Waals surface area contributed by atoms with Gasteiger partial charge in [0.25, 0.3) is 0 Å². The second-order valence-corrected chi connectivity index (χ2v) is 17.6. The van der Waals surface area contributed by atoms with Gasteiger partial charge in [-0.1, -0.05) is 110 Å². The normalized spacial score (nSPS) is 12.8. The van der Waals surface area contributed by atoms with Crippen LogP contribution in [-0.2, 0) is 47.9 Å². The zero-order chi connectivity index (χ0) is 50.2. The van der Waals surface area contributed by atoms with Gasteiger partial charge in [-0.3, -0.25) is 43.2 Å². The van der Waals surface area contributed by atoms with E-state index in [9.17, 15) is 63.3 Å². The van der Waals surface area contributed by atoms with E-state index in [4.69, 9.17) is 0 Å². The minimum absolute atomic E-state index is 0.00792. The second kappa shape index (κ2) is 40.5. The fraction of sp³-hybridized carbons (Fsp3) is 0.796. The van der Waals surface area contributed by atoms with Crippen LogP contribution in [0, 0.1) is 5.92 Å². The van der Waals surface area contributed by atoms with Gasteiger partial charge in [0, 0.05) is 63.8 Å². The number of carboxylic acid groups (broad SMARTS) is 1. The van der Waals surface area contributed by atoms with Crippen LogP contribution >= 0.6 is 0 Å². The van der Waals surface area contributed by atoms with Crippen LogP contribution in [0.4, 0.5) is 0 Å². The predicted molar refractivity (Wildman–Crippen MR) is 253 cm³/mol. The Morgan fingerprint density at radius 1 is 0.433 bits per heavy atom. The van der Waals surface area contributed by atoms with Crippen LogP contribution in [0.2, 0.25) is 0 Å². The van der Waals surface area contributed by atoms with E-state index in [1.165, 1.54) is 70.6 Å². The van der Waals surface area contributed by atoms with Crippen LogP contribution in [0.1, 0.15) is 201 Å². The molecule has 0 saturated heterocycles. The fourth-order valence-electron chi connectivity index (χ4n) is 7.44. The molecule has 4 unspecified atom stereocenters. The maximum atomic E-state index is 12.7. The van der Waals surface area contributed by atoms with Crippen molar-refractivity contribution in [2.24, 2.45) is 5.92 Å². The third-order valence-electron chi connectivity index (χ3n) is 11.8. The molecule has 4 atom stereocenters. The Morgan fingerprint density at radius 2 is 0.881 bits per heavy atom. The van der Waals surface area contributed by atoms with E-state index in [0.29, 0.717) is 19.4 Å². The van der Waals surface area contributed by atoms with Gasteiger partial charge in [-0.2, -0.15) is 0 Å². The molecule has 384 valence electrons. The van der Waals surface area contributed by atoms with Gasteiger partial charge in [-0.15, -0.1) is 0 Å². The standard InChI is InChI=1S/C49H85N5O13/c1-4-6-7-8-9-10-11-12-13-14-15-16-17-18-19-23-45(62)52-39(49(66)67)26-24-38(58)25-29-46(63)53-41(35-56)43(60)28-31-47(64)54-40(34-55)42(59)27-30-44(61)51-33-48(65)50-32-21-20-22-37(5-2)36(3)57/h37,39-41,55-56H,4-35H2,1-3H3,(H,50,65)(H,51,61)(H,52,62)(H,53,63)(H,54,64)(H,66,67). The average Bonchev–Trinajstić information content (AvgIpc) is 3.30. The molecule has 18 nitrogen and oxygen atoms in total. The number of nitrogens with one attached hydrogen (secondary N) is 5. The molecule has 0 radical (unpaired) electrons. The number of amides is 5. The quantitative estimate of drug-likeness (QED) is 0.0388. The SMILES string of the molecule is CCCCCCCCCCCCCCCCCC(=O)NC(CCC(=O)CCC(=O)NC(CO)C(=O)CCC(=O)NC(CO)C(=O)CCC(=O)NCC(=O)NCCCCC(CC)C(C)=O)C(=O)O. The average molecular weight is 952 g/mol. The number of rotatable bonds is 45. The monoisotopic (exact) mass is 952 g/mol. The fourth-order valence-corrected chi connectivity index (χ4v) is 7.44. The molecule has 0 heterocycles. The molecular weight excluding hydrogens is 867 g/mol. The number of Topliss-reactive ketones (excluding diaryl/α,β-unsaturated/α-hetero) is 4. The summed E-state index contributed by atoms with van der Waals surface area (Å²) in [6, 6.07) is -4.03. The highest BCUT2D eigenvalue weighted by atomic mass is 16.4. The number of hydrogen-bond acceptors (Lipinski definition) is 12. The molecule has 0 rings (SSSR count). The number of unbranched alkanes of at least 4 members (excludes halogenated alkanes) is 15. The Kier molecular flexibility index (Phi) is 37.7. The summed E-state index contributed by atoms with van der Waals surface area (Å²) >= 11 is 0. The Bertz CT molecular complexity index is 1510. The molecule has 0 saturated carbocycles. The lowest BCUT2D eigenvalue weighted by Gasteiger charge is -2.17. The van der Waals surface area contributed by atoms with E-state index in [0.717, 1.165) is 38.5 Å². The lowest BCUT2D eigenvalue weighted by molar-refractivity contribution is -0.142. The number of ketones is 4. The van der Waals surface area contributed by atoms with Gasteiger partial charge >= 0.3 is 5.97 Å². The summed E-state index contributed by atoms with van der Waals surface area (Å²) in [7, 11) is 0. The zero-order valence-electron chi connectivity index (χ0n) is 40.9. The van der Waals surface area contributed by atoms with Crippen LogP contribution in [-0.4, -0.2) is 118 Å². The highest BCUT2D eigenvalue weighted by Crippen LogP contribution is 2.15. The summed E-state index contributed by atoms with van der Waals surface area (Å²) in [6.45, 7) is 4.23. The minimum atomic E-state index is -1.39. The predicted octanol–water partition coefficient (Wildman–Crippen LogP) is 4.62. The molecule has 0 spiro atoms. The minimum Gasteiger partial charge on any atom is -0.480 e. The van der Waals surface area contributed by atoms with E-state index in [1.54, 1.807) is 6.92 Å². The van der Waals surface area contributed by atoms with Crippen LogP contribution in [0.5, 0.6) is 0 Å². The van der Waals surface area contributed by atoms with Crippen molar-refractivity contribution in [1.82, 2.24) is 26.6 Å². The summed E-state index contributed by atoms with van der Waals surface area (Å²) in [6.07, 6.45) is 18.4. The zero-order valence-corrected chi connectivity index (χ0v) is 40.9. The molecule has 0 fully saturated rings. The van der Waals surface area contributed by atoms with Crippen LogP contribution in [0.15, 0.2) is 0 Å². The van der Waals surface area contributed by atoms with Gasteiger partial charge < -0.3 is 41.9 Å². The first-order chi connectivity index (χ1) is 32.1. The summed E-state index contributed by atoms with van der Waals surface area (Å²) in [5.74, 6) is -5.90. The van der Waals surface area contributed by atoms with Crippen LogP contribution in [0.25, 0.3) is 0 Å². The maximum absolute atomic E-state index is 12.7. The van der Waals surface area contributed by atoms with Crippen LogP contribution in [0.3, 0.4) is 0 Å². The van der Waals surface area contributed by atoms with Gasteiger partial charge in [-0.25, -0.2) is 4.79 Å². The molecule has 0 aromatic carbocycles. The molecular formula is C49H85N5O13. The summed E-state index contributed by atoms with van der Waals surface area (Å²) in [5, 5.41) is 41.1. The topological polar surface area (TPSA) is 292 Å². The molecule has 18 heteroatoms. The smallest absolute Gasteiger partial charge is 0.326 e.